The van der Waals surface area contributed by atoms with Gasteiger partial charge in [-0.3, -0.25) is 4.79 Å². The van der Waals surface area contributed by atoms with Crippen LogP contribution < -0.4 is 5.32 Å². The van der Waals surface area contributed by atoms with E-state index in [2.05, 4.69) is 35.1 Å². The van der Waals surface area contributed by atoms with Crippen LogP contribution in [0.5, 0.6) is 0 Å². The van der Waals surface area contributed by atoms with Crippen LogP contribution in [0.15, 0.2) is 61.6 Å². The minimum atomic E-state index is -3.69. The summed E-state index contributed by atoms with van der Waals surface area (Å²) in [7, 11) is -2.07. The zero-order chi connectivity index (χ0) is 24.0. The Morgan fingerprint density at radius 1 is 1.15 bits per heavy atom. The van der Waals surface area contributed by atoms with E-state index in [-0.39, 0.29) is 10.8 Å². The molecule has 0 aromatic heterocycles. The Hall–Kier alpha value is -1.39. The third-order valence-electron chi connectivity index (χ3n) is 5.52. The number of rotatable bonds is 9. The molecule has 2 atom stereocenters. The van der Waals surface area contributed by atoms with Gasteiger partial charge in [0.15, 0.2) is 0 Å². The summed E-state index contributed by atoms with van der Waals surface area (Å²) in [4.78, 5) is 14.9. The van der Waals surface area contributed by atoms with Gasteiger partial charge in [0.1, 0.15) is 0 Å². The molecule has 0 saturated carbocycles. The molecule has 1 amide bonds. The van der Waals surface area contributed by atoms with Gasteiger partial charge in [0, 0.05) is 47.6 Å². The predicted octanol–water partition coefficient (Wildman–Crippen LogP) is 5.03. The lowest BCUT2D eigenvalue weighted by Gasteiger charge is -2.34. The Balaban J connectivity index is 1.92. The lowest BCUT2D eigenvalue weighted by Crippen LogP contribution is -2.42. The molecule has 2 aromatic rings. The first-order valence-electron chi connectivity index (χ1n) is 11.1. The Kier molecular flexibility index (Phi) is 9.41. The maximum absolute atomic E-state index is 13.4. The van der Waals surface area contributed by atoms with Crippen LogP contribution in [-0.4, -0.2) is 52.0 Å². The highest BCUT2D eigenvalue weighted by Crippen LogP contribution is 2.34. The van der Waals surface area contributed by atoms with E-state index in [0.717, 1.165) is 15.8 Å². The van der Waals surface area contributed by atoms with E-state index in [1.807, 2.05) is 24.3 Å². The normalized spacial score (nSPS) is 19.4. The van der Waals surface area contributed by atoms with Crippen LogP contribution in [0.25, 0.3) is 0 Å². The largest absolute Gasteiger partial charge is 0.385 e. The number of benzene rings is 2. The second-order valence-electron chi connectivity index (χ2n) is 8.58. The summed E-state index contributed by atoms with van der Waals surface area (Å²) in [6.07, 6.45) is 1.70. The molecule has 6 nitrogen and oxygen atoms in total. The molecule has 9 heteroatoms. The molecule has 1 saturated heterocycles. The first kappa shape index (κ1) is 26.2. The quantitative estimate of drug-likeness (QED) is 0.440. The summed E-state index contributed by atoms with van der Waals surface area (Å²) in [6.45, 7) is 6.15. The lowest BCUT2D eigenvalue weighted by atomic mass is 9.94. The van der Waals surface area contributed by atoms with Crippen LogP contribution in [-0.2, 0) is 14.8 Å². The molecule has 0 radical (unpaired) electrons. The Morgan fingerprint density at radius 3 is 2.45 bits per heavy atom. The zero-order valence-electron chi connectivity index (χ0n) is 19.2. The van der Waals surface area contributed by atoms with Crippen LogP contribution in [0.1, 0.15) is 37.0 Å². The number of halogens is 1. The predicted molar refractivity (Wildman–Crippen MR) is 135 cm³/mol. The molecular weight excluding hydrogens is 524 g/mol. The van der Waals surface area contributed by atoms with Gasteiger partial charge in [0.05, 0.1) is 10.5 Å². The van der Waals surface area contributed by atoms with Gasteiger partial charge < -0.3 is 10.1 Å². The van der Waals surface area contributed by atoms with Crippen molar-refractivity contribution in [3.8, 4) is 0 Å². The number of amides is 1. The molecule has 1 aliphatic rings. The van der Waals surface area contributed by atoms with Crippen molar-refractivity contribution in [1.29, 1.82) is 0 Å². The SMILES string of the molecule is COCCCNC(=O)c1cc(S(=O)(=O)N2C[C@@H](C)C[C@H](C)C2)ccc1Sc1ccc(Br)cc1. The van der Waals surface area contributed by atoms with Crippen molar-refractivity contribution in [2.75, 3.05) is 33.4 Å². The fraction of sp³-hybridized carbons (Fsp3) is 0.458. The van der Waals surface area contributed by atoms with Crippen molar-refractivity contribution < 1.29 is 17.9 Å². The molecule has 0 spiro atoms. The van der Waals surface area contributed by atoms with Gasteiger partial charge in [0.2, 0.25) is 10.0 Å². The van der Waals surface area contributed by atoms with Crippen LogP contribution in [0, 0.1) is 11.8 Å². The van der Waals surface area contributed by atoms with Crippen LogP contribution >= 0.6 is 27.7 Å². The topological polar surface area (TPSA) is 75.7 Å². The van der Waals surface area contributed by atoms with Crippen molar-refractivity contribution in [3.05, 3.63) is 52.5 Å². The van der Waals surface area contributed by atoms with E-state index < -0.39 is 10.0 Å². The number of nitrogens with zero attached hydrogens (tertiary/aromatic N) is 1. The second kappa shape index (κ2) is 11.8. The summed E-state index contributed by atoms with van der Waals surface area (Å²) < 4.78 is 34.4. The molecule has 180 valence electrons. The van der Waals surface area contributed by atoms with E-state index >= 15 is 0 Å². The summed E-state index contributed by atoms with van der Waals surface area (Å²) in [5.74, 6) is 0.321. The van der Waals surface area contributed by atoms with E-state index in [4.69, 9.17) is 4.74 Å². The number of carbonyl (C=O) groups is 1. The first-order valence-corrected chi connectivity index (χ1v) is 14.1. The minimum Gasteiger partial charge on any atom is -0.385 e. The van der Waals surface area contributed by atoms with Crippen molar-refractivity contribution in [1.82, 2.24) is 9.62 Å². The number of sulfonamides is 1. The number of piperidine rings is 1. The fourth-order valence-electron chi connectivity index (χ4n) is 4.03. The van der Waals surface area contributed by atoms with Gasteiger partial charge in [-0.2, -0.15) is 4.31 Å². The molecule has 1 N–H and O–H groups in total. The third kappa shape index (κ3) is 7.05. The molecule has 1 fully saturated rings. The maximum atomic E-state index is 13.4. The summed E-state index contributed by atoms with van der Waals surface area (Å²) in [5, 5.41) is 2.89. The Bertz CT molecular complexity index is 1050. The monoisotopic (exact) mass is 554 g/mol. The molecule has 2 aromatic carbocycles. The van der Waals surface area contributed by atoms with E-state index in [1.165, 1.54) is 17.8 Å². The molecule has 3 rings (SSSR count). The summed E-state index contributed by atoms with van der Waals surface area (Å²) in [6, 6.07) is 12.6. The van der Waals surface area contributed by atoms with Crippen molar-refractivity contribution in [2.24, 2.45) is 11.8 Å². The number of nitrogens with one attached hydrogen (secondary N) is 1. The van der Waals surface area contributed by atoms with Crippen molar-refractivity contribution in [3.63, 3.8) is 0 Å². The smallest absolute Gasteiger partial charge is 0.252 e. The highest BCUT2D eigenvalue weighted by atomic mass is 79.9. The van der Waals surface area contributed by atoms with Crippen LogP contribution in [0.3, 0.4) is 0 Å². The van der Waals surface area contributed by atoms with E-state index in [9.17, 15) is 13.2 Å². The summed E-state index contributed by atoms with van der Waals surface area (Å²) >= 11 is 4.87. The van der Waals surface area contributed by atoms with E-state index in [0.29, 0.717) is 55.0 Å². The van der Waals surface area contributed by atoms with E-state index in [1.54, 1.807) is 23.5 Å². The average molecular weight is 556 g/mol. The summed E-state index contributed by atoms with van der Waals surface area (Å²) in [5.41, 5.74) is 0.361. The molecule has 1 heterocycles. The highest BCUT2D eigenvalue weighted by Gasteiger charge is 2.32. The standard InChI is InChI=1S/C24H31BrN2O4S2/c1-17-13-18(2)16-27(15-17)33(29,30)21-9-10-23(32-20-7-5-19(25)6-8-20)22(14-21)24(28)26-11-4-12-31-3/h5-10,14,17-18H,4,11-13,15-16H2,1-3H3,(H,26,28)/t17-,18-/m0/s1. The number of hydrogen-bond acceptors (Lipinski definition) is 5. The Labute approximate surface area is 209 Å². The highest BCUT2D eigenvalue weighted by molar-refractivity contribution is 9.10. The number of carbonyl (C=O) groups excluding carboxylic acids is 1. The van der Waals surface area contributed by atoms with Crippen LogP contribution in [0.2, 0.25) is 0 Å². The lowest BCUT2D eigenvalue weighted by molar-refractivity contribution is 0.0945. The third-order valence-corrected chi connectivity index (χ3v) is 8.96. The Morgan fingerprint density at radius 2 is 1.82 bits per heavy atom. The number of methoxy groups -OCH3 is 1. The van der Waals surface area contributed by atoms with Gasteiger partial charge in [-0.05, 0) is 67.1 Å². The van der Waals surface area contributed by atoms with Gasteiger partial charge >= 0.3 is 0 Å². The molecular formula is C24H31BrN2O4S2. The first-order chi connectivity index (χ1) is 15.7. The van der Waals surface area contributed by atoms with Crippen molar-refractivity contribution in [2.45, 2.75) is 41.4 Å². The molecule has 0 aliphatic carbocycles. The molecule has 33 heavy (non-hydrogen) atoms. The van der Waals surface area contributed by atoms with Gasteiger partial charge in [-0.25, -0.2) is 8.42 Å². The van der Waals surface area contributed by atoms with Gasteiger partial charge in [-0.15, -0.1) is 0 Å². The van der Waals surface area contributed by atoms with Crippen molar-refractivity contribution >= 4 is 43.6 Å². The zero-order valence-corrected chi connectivity index (χ0v) is 22.4. The number of hydrogen-bond donors (Lipinski definition) is 1. The second-order valence-corrected chi connectivity index (χ2v) is 12.6. The molecule has 1 aliphatic heterocycles. The average Bonchev–Trinajstić information content (AvgIpc) is 2.77. The van der Waals surface area contributed by atoms with Gasteiger partial charge in [0.25, 0.3) is 5.91 Å². The molecule has 0 unspecified atom stereocenters. The van der Waals surface area contributed by atoms with Gasteiger partial charge in [-0.1, -0.05) is 41.5 Å². The molecule has 0 bridgehead atoms. The fourth-order valence-corrected chi connectivity index (χ4v) is 6.92. The van der Waals surface area contributed by atoms with Crippen LogP contribution in [0.4, 0.5) is 0 Å². The maximum Gasteiger partial charge on any atom is 0.252 e. The minimum absolute atomic E-state index is 0.158. The number of ether oxygens (including phenoxy) is 1.